The molecule has 0 spiro atoms. The van der Waals surface area contributed by atoms with Gasteiger partial charge in [-0.15, -0.1) is 0 Å². The molecule has 0 aliphatic heterocycles. The van der Waals surface area contributed by atoms with E-state index in [-0.39, 0.29) is 30.2 Å². The van der Waals surface area contributed by atoms with Gasteiger partial charge in [0.05, 0.1) is 18.6 Å². The van der Waals surface area contributed by atoms with Gasteiger partial charge in [-0.3, -0.25) is 4.79 Å². The second-order valence-corrected chi connectivity index (χ2v) is 5.36. The molecule has 0 fully saturated rings. The molecule has 0 aliphatic rings. The van der Waals surface area contributed by atoms with Crippen LogP contribution < -0.4 is 5.73 Å². The molecule has 1 aromatic carbocycles. The molecule has 0 aromatic heterocycles. The molecule has 20 heavy (non-hydrogen) atoms. The molecule has 2 N–H and O–H groups in total. The highest BCUT2D eigenvalue weighted by Crippen LogP contribution is 2.20. The van der Waals surface area contributed by atoms with Gasteiger partial charge in [0.1, 0.15) is 5.60 Å². The van der Waals surface area contributed by atoms with Crippen molar-refractivity contribution in [1.29, 1.82) is 0 Å². The number of hydrogen-bond donors (Lipinski definition) is 1. The van der Waals surface area contributed by atoms with Gasteiger partial charge >= 0.3 is 11.9 Å². The van der Waals surface area contributed by atoms with Crippen molar-refractivity contribution >= 4 is 17.6 Å². The number of benzene rings is 1. The fourth-order valence-electron chi connectivity index (χ4n) is 1.69. The Bertz CT molecular complexity index is 503. The molecule has 1 aromatic rings. The molecule has 0 unspecified atom stereocenters. The van der Waals surface area contributed by atoms with Gasteiger partial charge < -0.3 is 15.2 Å². The molecule has 0 amide bonds. The lowest BCUT2D eigenvalue weighted by Gasteiger charge is -2.20. The first-order valence-corrected chi connectivity index (χ1v) is 6.51. The summed E-state index contributed by atoms with van der Waals surface area (Å²) >= 11 is 0. The molecule has 0 heterocycles. The molecule has 0 atom stereocenters. The lowest BCUT2D eigenvalue weighted by atomic mass is 10.0. The fraction of sp³-hybridized carbons (Fsp3) is 0.467. The second-order valence-electron chi connectivity index (χ2n) is 5.36. The average Bonchev–Trinajstić information content (AvgIpc) is 2.29. The number of esters is 2. The van der Waals surface area contributed by atoms with E-state index in [9.17, 15) is 9.59 Å². The van der Waals surface area contributed by atoms with E-state index in [1.807, 2.05) is 0 Å². The topological polar surface area (TPSA) is 78.6 Å². The Morgan fingerprint density at radius 3 is 2.45 bits per heavy atom. The summed E-state index contributed by atoms with van der Waals surface area (Å²) in [6, 6.07) is 4.94. The maximum Gasteiger partial charge on any atom is 0.340 e. The van der Waals surface area contributed by atoms with Crippen LogP contribution in [0, 0.1) is 0 Å². The van der Waals surface area contributed by atoms with Gasteiger partial charge in [-0.25, -0.2) is 4.79 Å². The zero-order chi connectivity index (χ0) is 15.3. The van der Waals surface area contributed by atoms with Gasteiger partial charge in [0.25, 0.3) is 0 Å². The van der Waals surface area contributed by atoms with Crippen molar-refractivity contribution in [3.05, 3.63) is 29.3 Å². The van der Waals surface area contributed by atoms with Crippen molar-refractivity contribution in [2.45, 2.75) is 39.7 Å². The van der Waals surface area contributed by atoms with Crippen LogP contribution in [0.2, 0.25) is 0 Å². The van der Waals surface area contributed by atoms with E-state index < -0.39 is 11.6 Å². The van der Waals surface area contributed by atoms with Gasteiger partial charge in [0.2, 0.25) is 0 Å². The zero-order valence-electron chi connectivity index (χ0n) is 12.4. The van der Waals surface area contributed by atoms with Crippen LogP contribution in [-0.2, 0) is 20.7 Å². The number of hydrogen-bond acceptors (Lipinski definition) is 5. The third-order valence-corrected chi connectivity index (χ3v) is 2.45. The lowest BCUT2D eigenvalue weighted by molar-refractivity contribution is -0.153. The fourth-order valence-corrected chi connectivity index (χ4v) is 1.69. The minimum absolute atomic E-state index is 0.0242. The Balaban J connectivity index is 2.89. The van der Waals surface area contributed by atoms with E-state index >= 15 is 0 Å². The van der Waals surface area contributed by atoms with Crippen LogP contribution in [0.4, 0.5) is 5.69 Å². The van der Waals surface area contributed by atoms with E-state index in [1.54, 1.807) is 45.9 Å². The molecule has 110 valence electrons. The molecular formula is C15H21NO4. The number of carbonyl (C=O) groups excluding carboxylic acids is 2. The summed E-state index contributed by atoms with van der Waals surface area (Å²) in [6.07, 6.45) is 0.0242. The molecule has 5 nitrogen and oxygen atoms in total. The maximum atomic E-state index is 11.8. The Morgan fingerprint density at radius 2 is 1.90 bits per heavy atom. The van der Waals surface area contributed by atoms with Crippen LogP contribution in [0.15, 0.2) is 18.2 Å². The number of ether oxygens (including phenoxy) is 2. The normalized spacial score (nSPS) is 11.0. The van der Waals surface area contributed by atoms with Crippen LogP contribution in [-0.4, -0.2) is 24.1 Å². The number of anilines is 1. The Labute approximate surface area is 119 Å². The van der Waals surface area contributed by atoms with Crippen molar-refractivity contribution in [1.82, 2.24) is 0 Å². The van der Waals surface area contributed by atoms with Crippen LogP contribution in [0.25, 0.3) is 0 Å². The quantitative estimate of drug-likeness (QED) is 0.676. The predicted octanol–water partition coefficient (Wildman–Crippen LogP) is 2.33. The average molecular weight is 279 g/mol. The minimum atomic E-state index is -0.551. The van der Waals surface area contributed by atoms with Gasteiger partial charge in [-0.05, 0) is 39.3 Å². The minimum Gasteiger partial charge on any atom is -0.462 e. The lowest BCUT2D eigenvalue weighted by Crippen LogP contribution is -2.25. The Hall–Kier alpha value is -2.04. The molecule has 0 saturated carbocycles. The summed E-state index contributed by atoms with van der Waals surface area (Å²) in [5.74, 6) is -0.874. The Kier molecular flexibility index (Phi) is 5.13. The molecule has 5 heteroatoms. The molecular weight excluding hydrogens is 258 g/mol. The first kappa shape index (κ1) is 16.0. The SMILES string of the molecule is CCOC(=O)c1cccc(CC(=O)OC(C)(C)C)c1N. The highest BCUT2D eigenvalue weighted by molar-refractivity contribution is 5.96. The standard InChI is InChI=1S/C15H21NO4/c1-5-19-14(18)11-8-6-7-10(13(11)16)9-12(17)20-15(2,3)4/h6-8H,5,9,16H2,1-4H3. The molecule has 1 rings (SSSR count). The summed E-state index contributed by atoms with van der Waals surface area (Å²) in [5, 5.41) is 0. The molecule has 0 bridgehead atoms. The summed E-state index contributed by atoms with van der Waals surface area (Å²) in [6.45, 7) is 7.38. The summed E-state index contributed by atoms with van der Waals surface area (Å²) in [7, 11) is 0. The number of rotatable bonds is 4. The number of nitrogen functional groups attached to an aromatic ring is 1. The number of para-hydroxylation sites is 1. The third kappa shape index (κ3) is 4.57. The summed E-state index contributed by atoms with van der Waals surface area (Å²) in [4.78, 5) is 23.5. The summed E-state index contributed by atoms with van der Waals surface area (Å²) in [5.41, 5.74) is 6.46. The van der Waals surface area contributed by atoms with Crippen molar-refractivity contribution in [2.75, 3.05) is 12.3 Å². The van der Waals surface area contributed by atoms with E-state index in [0.29, 0.717) is 5.56 Å². The largest absolute Gasteiger partial charge is 0.462 e. The zero-order valence-corrected chi connectivity index (χ0v) is 12.4. The van der Waals surface area contributed by atoms with Crippen LogP contribution in [0.1, 0.15) is 43.6 Å². The van der Waals surface area contributed by atoms with E-state index in [4.69, 9.17) is 15.2 Å². The van der Waals surface area contributed by atoms with Gasteiger partial charge in [-0.1, -0.05) is 12.1 Å². The molecule has 0 aliphatic carbocycles. The highest BCUT2D eigenvalue weighted by atomic mass is 16.6. The number of nitrogens with two attached hydrogens (primary N) is 1. The molecule has 0 saturated heterocycles. The van der Waals surface area contributed by atoms with Gasteiger partial charge in [-0.2, -0.15) is 0 Å². The van der Waals surface area contributed by atoms with Crippen molar-refractivity contribution < 1.29 is 19.1 Å². The molecule has 0 radical (unpaired) electrons. The second kappa shape index (κ2) is 6.41. The third-order valence-electron chi connectivity index (χ3n) is 2.45. The predicted molar refractivity (Wildman–Crippen MR) is 76.4 cm³/mol. The first-order valence-electron chi connectivity index (χ1n) is 6.51. The van der Waals surface area contributed by atoms with E-state index in [1.165, 1.54) is 0 Å². The monoisotopic (exact) mass is 279 g/mol. The van der Waals surface area contributed by atoms with Crippen LogP contribution >= 0.6 is 0 Å². The maximum absolute atomic E-state index is 11.8. The van der Waals surface area contributed by atoms with Crippen molar-refractivity contribution in [3.63, 3.8) is 0 Å². The van der Waals surface area contributed by atoms with Crippen LogP contribution in [0.5, 0.6) is 0 Å². The van der Waals surface area contributed by atoms with Gasteiger partial charge in [0.15, 0.2) is 0 Å². The van der Waals surface area contributed by atoms with Crippen molar-refractivity contribution in [3.8, 4) is 0 Å². The number of carbonyl (C=O) groups is 2. The smallest absolute Gasteiger partial charge is 0.340 e. The van der Waals surface area contributed by atoms with Gasteiger partial charge in [0, 0.05) is 5.69 Å². The van der Waals surface area contributed by atoms with E-state index in [0.717, 1.165) is 0 Å². The first-order chi connectivity index (χ1) is 9.24. The van der Waals surface area contributed by atoms with Crippen molar-refractivity contribution in [2.24, 2.45) is 0 Å². The summed E-state index contributed by atoms with van der Waals surface area (Å²) < 4.78 is 10.1. The highest BCUT2D eigenvalue weighted by Gasteiger charge is 2.19. The Morgan fingerprint density at radius 1 is 1.25 bits per heavy atom. The van der Waals surface area contributed by atoms with E-state index in [2.05, 4.69) is 0 Å². The van der Waals surface area contributed by atoms with Crippen LogP contribution in [0.3, 0.4) is 0 Å².